The standard InChI is InChI=1S/C13H16N4O/c1-10(18)11-3-7-16(8-4-11)12-5-9-17-13(15-12)2-6-14-17/h2,5-6,9,11H,3-4,7-8H2,1H3. The number of hydrogen-bond donors (Lipinski definition) is 0. The third-order valence-corrected chi connectivity index (χ3v) is 3.64. The Morgan fingerprint density at radius 3 is 2.83 bits per heavy atom. The maximum absolute atomic E-state index is 11.3. The van der Waals surface area contributed by atoms with Crippen molar-refractivity contribution in [3.8, 4) is 0 Å². The number of fused-ring (bicyclic) bond motifs is 1. The number of carbonyl (C=O) groups excluding carboxylic acids is 1. The molecule has 0 N–H and O–H groups in total. The number of nitrogens with zero attached hydrogens (tertiary/aromatic N) is 4. The second kappa shape index (κ2) is 4.40. The summed E-state index contributed by atoms with van der Waals surface area (Å²) < 4.78 is 1.76. The first-order valence-electron chi connectivity index (χ1n) is 6.30. The molecule has 0 aromatic carbocycles. The van der Waals surface area contributed by atoms with Crippen molar-refractivity contribution in [1.82, 2.24) is 14.6 Å². The van der Waals surface area contributed by atoms with E-state index in [0.29, 0.717) is 5.78 Å². The van der Waals surface area contributed by atoms with E-state index < -0.39 is 0 Å². The van der Waals surface area contributed by atoms with E-state index in [-0.39, 0.29) is 5.92 Å². The molecular weight excluding hydrogens is 228 g/mol. The highest BCUT2D eigenvalue weighted by atomic mass is 16.1. The van der Waals surface area contributed by atoms with E-state index in [2.05, 4.69) is 15.0 Å². The van der Waals surface area contributed by atoms with E-state index in [1.165, 1.54) is 0 Å². The molecule has 3 heterocycles. The lowest BCUT2D eigenvalue weighted by Crippen LogP contribution is -2.36. The van der Waals surface area contributed by atoms with E-state index in [1.807, 2.05) is 18.3 Å². The van der Waals surface area contributed by atoms with Gasteiger partial charge >= 0.3 is 0 Å². The highest BCUT2D eigenvalue weighted by Crippen LogP contribution is 2.22. The molecule has 5 heteroatoms. The number of Topliss-reactive ketones (excluding diaryl/α,β-unsaturated/α-hetero) is 1. The zero-order valence-corrected chi connectivity index (χ0v) is 10.4. The van der Waals surface area contributed by atoms with Gasteiger partial charge < -0.3 is 4.90 Å². The Balaban J connectivity index is 1.77. The maximum Gasteiger partial charge on any atom is 0.157 e. The molecule has 0 spiro atoms. The summed E-state index contributed by atoms with van der Waals surface area (Å²) in [6.45, 7) is 3.50. The highest BCUT2D eigenvalue weighted by molar-refractivity contribution is 5.78. The second-order valence-corrected chi connectivity index (χ2v) is 4.79. The largest absolute Gasteiger partial charge is 0.356 e. The molecule has 2 aromatic heterocycles. The van der Waals surface area contributed by atoms with E-state index in [4.69, 9.17) is 0 Å². The Morgan fingerprint density at radius 1 is 1.33 bits per heavy atom. The molecule has 1 aliphatic rings. The molecule has 94 valence electrons. The van der Waals surface area contributed by atoms with Gasteiger partial charge in [-0.25, -0.2) is 9.50 Å². The summed E-state index contributed by atoms with van der Waals surface area (Å²) in [6, 6.07) is 3.87. The Bertz CT molecular complexity index is 569. The third-order valence-electron chi connectivity index (χ3n) is 3.64. The first kappa shape index (κ1) is 11.2. The molecule has 0 unspecified atom stereocenters. The van der Waals surface area contributed by atoms with Crippen molar-refractivity contribution in [2.75, 3.05) is 18.0 Å². The minimum Gasteiger partial charge on any atom is -0.356 e. The van der Waals surface area contributed by atoms with Crippen molar-refractivity contribution in [3.63, 3.8) is 0 Å². The van der Waals surface area contributed by atoms with Crippen molar-refractivity contribution in [2.24, 2.45) is 5.92 Å². The summed E-state index contributed by atoms with van der Waals surface area (Å²) in [4.78, 5) is 18.1. The van der Waals surface area contributed by atoms with Crippen LogP contribution in [0.2, 0.25) is 0 Å². The second-order valence-electron chi connectivity index (χ2n) is 4.79. The summed E-state index contributed by atoms with van der Waals surface area (Å²) in [5.41, 5.74) is 0.862. The Labute approximate surface area is 105 Å². The summed E-state index contributed by atoms with van der Waals surface area (Å²) in [6.07, 6.45) is 5.53. The van der Waals surface area contributed by atoms with Crippen molar-refractivity contribution in [3.05, 3.63) is 24.5 Å². The van der Waals surface area contributed by atoms with E-state index >= 15 is 0 Å². The van der Waals surface area contributed by atoms with Crippen molar-refractivity contribution in [2.45, 2.75) is 19.8 Å². The topological polar surface area (TPSA) is 50.5 Å². The lowest BCUT2D eigenvalue weighted by atomic mass is 9.93. The van der Waals surface area contributed by atoms with Gasteiger partial charge in [-0.05, 0) is 25.8 Å². The molecular formula is C13H16N4O. The van der Waals surface area contributed by atoms with Crippen LogP contribution in [0.1, 0.15) is 19.8 Å². The fourth-order valence-electron chi connectivity index (χ4n) is 2.49. The molecule has 5 nitrogen and oxygen atoms in total. The molecule has 1 aliphatic heterocycles. The fraction of sp³-hybridized carbons (Fsp3) is 0.462. The summed E-state index contributed by atoms with van der Waals surface area (Å²) in [5, 5.41) is 4.13. The SMILES string of the molecule is CC(=O)C1CCN(c2ccn3nccc3n2)CC1. The van der Waals surface area contributed by atoms with Crippen LogP contribution in [0.4, 0.5) is 5.82 Å². The molecule has 1 saturated heterocycles. The predicted octanol–water partition coefficient (Wildman–Crippen LogP) is 1.53. The quantitative estimate of drug-likeness (QED) is 0.804. The van der Waals surface area contributed by atoms with Crippen LogP contribution in [0.5, 0.6) is 0 Å². The van der Waals surface area contributed by atoms with E-state index in [1.54, 1.807) is 17.6 Å². The molecule has 3 rings (SSSR count). The number of carbonyl (C=O) groups is 1. The zero-order chi connectivity index (χ0) is 12.5. The number of anilines is 1. The monoisotopic (exact) mass is 244 g/mol. The Kier molecular flexibility index (Phi) is 2.74. The highest BCUT2D eigenvalue weighted by Gasteiger charge is 2.23. The van der Waals surface area contributed by atoms with Crippen LogP contribution in [0.3, 0.4) is 0 Å². The van der Waals surface area contributed by atoms with Crippen LogP contribution in [0.15, 0.2) is 24.5 Å². The minimum absolute atomic E-state index is 0.236. The van der Waals surface area contributed by atoms with Crippen molar-refractivity contribution in [1.29, 1.82) is 0 Å². The maximum atomic E-state index is 11.3. The third kappa shape index (κ3) is 1.96. The van der Waals surface area contributed by atoms with Gasteiger partial charge in [0.15, 0.2) is 5.65 Å². The zero-order valence-electron chi connectivity index (χ0n) is 10.4. The molecule has 0 radical (unpaired) electrons. The number of ketones is 1. The smallest absolute Gasteiger partial charge is 0.157 e. The van der Waals surface area contributed by atoms with Gasteiger partial charge in [0.25, 0.3) is 0 Å². The van der Waals surface area contributed by atoms with Gasteiger partial charge in [0.2, 0.25) is 0 Å². The number of hydrogen-bond acceptors (Lipinski definition) is 4. The number of aromatic nitrogens is 3. The van der Waals surface area contributed by atoms with Crippen LogP contribution in [-0.2, 0) is 4.79 Å². The summed E-state index contributed by atoms with van der Waals surface area (Å²) in [7, 11) is 0. The fourth-order valence-corrected chi connectivity index (χ4v) is 2.49. The van der Waals surface area contributed by atoms with Crippen LogP contribution in [-0.4, -0.2) is 33.5 Å². The lowest BCUT2D eigenvalue weighted by molar-refractivity contribution is -0.121. The van der Waals surface area contributed by atoms with Gasteiger partial charge in [0, 0.05) is 31.3 Å². The van der Waals surface area contributed by atoms with Gasteiger partial charge in [0.1, 0.15) is 11.6 Å². The van der Waals surface area contributed by atoms with Crippen LogP contribution >= 0.6 is 0 Å². The van der Waals surface area contributed by atoms with E-state index in [0.717, 1.165) is 37.4 Å². The average Bonchev–Trinajstić information content (AvgIpc) is 2.86. The number of piperidine rings is 1. The van der Waals surface area contributed by atoms with Crippen LogP contribution < -0.4 is 4.90 Å². The molecule has 2 aromatic rings. The van der Waals surface area contributed by atoms with Crippen molar-refractivity contribution >= 4 is 17.2 Å². The molecule has 0 atom stereocenters. The normalized spacial score (nSPS) is 17.3. The average molecular weight is 244 g/mol. The first-order chi connectivity index (χ1) is 8.74. The molecule has 0 bridgehead atoms. The lowest BCUT2D eigenvalue weighted by Gasteiger charge is -2.31. The van der Waals surface area contributed by atoms with Gasteiger partial charge in [-0.15, -0.1) is 0 Å². The Morgan fingerprint density at radius 2 is 2.11 bits per heavy atom. The van der Waals surface area contributed by atoms with E-state index in [9.17, 15) is 4.79 Å². The molecule has 0 aliphatic carbocycles. The molecule has 0 amide bonds. The first-order valence-corrected chi connectivity index (χ1v) is 6.30. The molecule has 1 fully saturated rings. The van der Waals surface area contributed by atoms with Crippen LogP contribution in [0.25, 0.3) is 5.65 Å². The summed E-state index contributed by atoms with van der Waals surface area (Å²) >= 11 is 0. The number of rotatable bonds is 2. The van der Waals surface area contributed by atoms with Gasteiger partial charge in [-0.3, -0.25) is 4.79 Å². The van der Waals surface area contributed by atoms with Gasteiger partial charge in [-0.2, -0.15) is 5.10 Å². The van der Waals surface area contributed by atoms with Gasteiger partial charge in [0.05, 0.1) is 6.20 Å². The van der Waals surface area contributed by atoms with Gasteiger partial charge in [-0.1, -0.05) is 0 Å². The van der Waals surface area contributed by atoms with Crippen LogP contribution in [0, 0.1) is 5.92 Å². The Hall–Kier alpha value is -1.91. The predicted molar refractivity (Wildman–Crippen MR) is 68.6 cm³/mol. The summed E-state index contributed by atoms with van der Waals surface area (Å²) in [5.74, 6) is 1.53. The molecule has 0 saturated carbocycles. The van der Waals surface area contributed by atoms with Crippen molar-refractivity contribution < 1.29 is 4.79 Å². The molecule has 18 heavy (non-hydrogen) atoms. The minimum atomic E-state index is 0.236.